The van der Waals surface area contributed by atoms with Crippen molar-refractivity contribution in [3.8, 4) is 10.6 Å². The minimum atomic E-state index is -0.542. The van der Waals surface area contributed by atoms with Crippen molar-refractivity contribution in [1.82, 2.24) is 9.88 Å². The zero-order valence-corrected chi connectivity index (χ0v) is 18.3. The normalized spacial score (nSPS) is 14.4. The van der Waals surface area contributed by atoms with Crippen molar-refractivity contribution in [3.63, 3.8) is 0 Å². The van der Waals surface area contributed by atoms with Crippen LogP contribution in [-0.4, -0.2) is 54.5 Å². The van der Waals surface area contributed by atoms with Gasteiger partial charge in [0.05, 0.1) is 18.7 Å². The van der Waals surface area contributed by atoms with Crippen molar-refractivity contribution in [2.24, 2.45) is 5.92 Å². The van der Waals surface area contributed by atoms with E-state index >= 15 is 0 Å². The standard InChI is InChI=1S/C22H26N2O5S/c1-4-15-5-7-16(8-6-15)20-23-14(2)19(30-20)22(27)29-13-18(25)24-11-9-17(10-12-24)21(26)28-3/h5-8,17H,4,9-13H2,1-3H3. The van der Waals surface area contributed by atoms with Gasteiger partial charge in [-0.3, -0.25) is 9.59 Å². The van der Waals surface area contributed by atoms with Crippen LogP contribution in [-0.2, 0) is 25.5 Å². The van der Waals surface area contributed by atoms with Crippen molar-refractivity contribution >= 4 is 29.2 Å². The number of likely N-dealkylation sites (tertiary alicyclic amines) is 1. The summed E-state index contributed by atoms with van der Waals surface area (Å²) in [6.07, 6.45) is 2.07. The number of hydrogen-bond acceptors (Lipinski definition) is 7. The predicted octanol–water partition coefficient (Wildman–Crippen LogP) is 3.25. The second-order valence-corrected chi connectivity index (χ2v) is 8.24. The summed E-state index contributed by atoms with van der Waals surface area (Å²) in [7, 11) is 1.37. The number of aromatic nitrogens is 1. The molecule has 1 aromatic heterocycles. The van der Waals surface area contributed by atoms with Gasteiger partial charge in [-0.05, 0) is 31.7 Å². The summed E-state index contributed by atoms with van der Waals surface area (Å²) < 4.78 is 10.0. The zero-order chi connectivity index (χ0) is 21.7. The molecule has 0 aliphatic carbocycles. The number of ether oxygens (including phenoxy) is 2. The molecule has 0 bridgehead atoms. The van der Waals surface area contributed by atoms with Crippen LogP contribution in [0, 0.1) is 12.8 Å². The first-order valence-corrected chi connectivity index (χ1v) is 10.8. The lowest BCUT2D eigenvalue weighted by molar-refractivity contribution is -0.149. The molecule has 0 radical (unpaired) electrons. The maximum Gasteiger partial charge on any atom is 0.350 e. The molecule has 30 heavy (non-hydrogen) atoms. The van der Waals surface area contributed by atoms with Crippen LogP contribution >= 0.6 is 11.3 Å². The lowest BCUT2D eigenvalue weighted by Gasteiger charge is -2.30. The van der Waals surface area contributed by atoms with Crippen LogP contribution in [0.25, 0.3) is 10.6 Å². The number of carbonyl (C=O) groups excluding carboxylic acids is 3. The van der Waals surface area contributed by atoms with Gasteiger partial charge in [-0.15, -0.1) is 11.3 Å². The van der Waals surface area contributed by atoms with Gasteiger partial charge >= 0.3 is 11.9 Å². The Balaban J connectivity index is 1.55. The van der Waals surface area contributed by atoms with E-state index in [-0.39, 0.29) is 24.4 Å². The van der Waals surface area contributed by atoms with E-state index in [1.54, 1.807) is 11.8 Å². The van der Waals surface area contributed by atoms with Crippen LogP contribution in [0.2, 0.25) is 0 Å². The Bertz CT molecular complexity index is 914. The third-order valence-corrected chi connectivity index (χ3v) is 6.49. The molecule has 160 valence electrons. The molecule has 1 aromatic carbocycles. The number of nitrogens with zero attached hydrogens (tertiary/aromatic N) is 2. The number of methoxy groups -OCH3 is 1. The van der Waals surface area contributed by atoms with E-state index in [1.807, 2.05) is 24.3 Å². The van der Waals surface area contributed by atoms with Crippen molar-refractivity contribution in [2.45, 2.75) is 33.1 Å². The summed E-state index contributed by atoms with van der Waals surface area (Å²) in [5.41, 5.74) is 2.77. The Kier molecular flexibility index (Phi) is 7.20. The van der Waals surface area contributed by atoms with E-state index in [0.29, 0.717) is 36.5 Å². The fraction of sp³-hybridized carbons (Fsp3) is 0.455. The Labute approximate surface area is 180 Å². The zero-order valence-electron chi connectivity index (χ0n) is 17.5. The highest BCUT2D eigenvalue weighted by Gasteiger charge is 2.28. The lowest BCUT2D eigenvalue weighted by Crippen LogP contribution is -2.42. The van der Waals surface area contributed by atoms with Crippen LogP contribution in [0.3, 0.4) is 0 Å². The first-order chi connectivity index (χ1) is 14.4. The van der Waals surface area contributed by atoms with Gasteiger partial charge in [-0.25, -0.2) is 9.78 Å². The third kappa shape index (κ3) is 5.05. The summed E-state index contributed by atoms with van der Waals surface area (Å²) in [5, 5.41) is 0.748. The minimum Gasteiger partial charge on any atom is -0.469 e. The fourth-order valence-electron chi connectivity index (χ4n) is 3.41. The van der Waals surface area contributed by atoms with Crippen molar-refractivity contribution < 1.29 is 23.9 Å². The molecule has 1 aliphatic rings. The average molecular weight is 431 g/mol. The van der Waals surface area contributed by atoms with Crippen molar-refractivity contribution in [1.29, 1.82) is 0 Å². The summed E-state index contributed by atoms with van der Waals surface area (Å²) >= 11 is 1.27. The number of amides is 1. The van der Waals surface area contributed by atoms with Gasteiger partial charge in [-0.2, -0.15) is 0 Å². The molecule has 1 fully saturated rings. The molecule has 0 atom stereocenters. The van der Waals surface area contributed by atoms with Gasteiger partial charge in [0.1, 0.15) is 9.88 Å². The Hall–Kier alpha value is -2.74. The number of hydrogen-bond donors (Lipinski definition) is 0. The number of benzene rings is 1. The second kappa shape index (κ2) is 9.84. The molecule has 3 rings (SSSR count). The van der Waals surface area contributed by atoms with E-state index in [2.05, 4.69) is 11.9 Å². The highest BCUT2D eigenvalue weighted by Crippen LogP contribution is 2.29. The van der Waals surface area contributed by atoms with E-state index < -0.39 is 5.97 Å². The third-order valence-electron chi connectivity index (χ3n) is 5.30. The fourth-order valence-corrected chi connectivity index (χ4v) is 4.37. The molecule has 0 unspecified atom stereocenters. The van der Waals surface area contributed by atoms with Crippen LogP contribution in [0.1, 0.15) is 40.7 Å². The molecule has 1 saturated heterocycles. The average Bonchev–Trinajstić information content (AvgIpc) is 3.18. The first kappa shape index (κ1) is 22.0. The molecule has 0 spiro atoms. The highest BCUT2D eigenvalue weighted by atomic mass is 32.1. The number of aryl methyl sites for hydroxylation is 2. The smallest absolute Gasteiger partial charge is 0.350 e. The molecule has 1 aliphatic heterocycles. The topological polar surface area (TPSA) is 85.8 Å². The largest absolute Gasteiger partial charge is 0.469 e. The molecule has 7 nitrogen and oxygen atoms in total. The van der Waals surface area contributed by atoms with Gasteiger partial charge < -0.3 is 14.4 Å². The molecule has 2 heterocycles. The first-order valence-electron chi connectivity index (χ1n) is 10.0. The summed E-state index contributed by atoms with van der Waals surface area (Å²) in [4.78, 5) is 43.0. The van der Waals surface area contributed by atoms with Gasteiger partial charge in [0.25, 0.3) is 5.91 Å². The van der Waals surface area contributed by atoms with E-state index in [9.17, 15) is 14.4 Å². The van der Waals surface area contributed by atoms with Gasteiger partial charge in [0.2, 0.25) is 0 Å². The van der Waals surface area contributed by atoms with Crippen LogP contribution in [0.15, 0.2) is 24.3 Å². The molecule has 1 amide bonds. The SMILES string of the molecule is CCc1ccc(-c2nc(C)c(C(=O)OCC(=O)N3CCC(C(=O)OC)CC3)s2)cc1. The number of esters is 2. The van der Waals surface area contributed by atoms with Crippen molar-refractivity contribution in [2.75, 3.05) is 26.8 Å². The van der Waals surface area contributed by atoms with Gasteiger partial charge in [0.15, 0.2) is 6.61 Å². The van der Waals surface area contributed by atoms with E-state index in [1.165, 1.54) is 24.0 Å². The monoisotopic (exact) mass is 430 g/mol. The lowest BCUT2D eigenvalue weighted by atomic mass is 9.97. The second-order valence-electron chi connectivity index (χ2n) is 7.24. The molecular weight excluding hydrogens is 404 g/mol. The number of rotatable bonds is 6. The van der Waals surface area contributed by atoms with Crippen LogP contribution in [0.5, 0.6) is 0 Å². The number of carbonyl (C=O) groups is 3. The van der Waals surface area contributed by atoms with E-state index in [4.69, 9.17) is 9.47 Å². The van der Waals surface area contributed by atoms with Gasteiger partial charge in [0, 0.05) is 18.7 Å². The summed E-state index contributed by atoms with van der Waals surface area (Å²) in [5.74, 6) is -1.22. The summed E-state index contributed by atoms with van der Waals surface area (Å²) in [6, 6.07) is 8.08. The maximum absolute atomic E-state index is 12.5. The molecular formula is C22H26N2O5S. The Morgan fingerprint density at radius 3 is 2.43 bits per heavy atom. The molecule has 0 N–H and O–H groups in total. The van der Waals surface area contributed by atoms with Crippen LogP contribution < -0.4 is 0 Å². The Morgan fingerprint density at radius 2 is 1.83 bits per heavy atom. The molecule has 0 saturated carbocycles. The number of piperidine rings is 1. The van der Waals surface area contributed by atoms with Gasteiger partial charge in [-0.1, -0.05) is 31.2 Å². The van der Waals surface area contributed by atoms with E-state index in [0.717, 1.165) is 17.0 Å². The quantitative estimate of drug-likeness (QED) is 0.654. The number of thiazole rings is 1. The molecule has 2 aromatic rings. The molecule has 8 heteroatoms. The highest BCUT2D eigenvalue weighted by molar-refractivity contribution is 7.17. The van der Waals surface area contributed by atoms with Crippen LogP contribution in [0.4, 0.5) is 0 Å². The predicted molar refractivity (Wildman–Crippen MR) is 113 cm³/mol. The minimum absolute atomic E-state index is 0.175. The maximum atomic E-state index is 12.5. The van der Waals surface area contributed by atoms with Crippen molar-refractivity contribution in [3.05, 3.63) is 40.4 Å². The summed E-state index contributed by atoms with van der Waals surface area (Å²) in [6.45, 7) is 4.44. The Morgan fingerprint density at radius 1 is 1.17 bits per heavy atom.